The Labute approximate surface area is 231 Å². The highest BCUT2D eigenvalue weighted by atomic mass is 32.2. The molecule has 1 atom stereocenters. The Kier molecular flexibility index (Phi) is 9.44. The van der Waals surface area contributed by atoms with Crippen molar-refractivity contribution in [3.63, 3.8) is 0 Å². The number of phenols is 1. The number of aromatic carboxylic acids is 1. The van der Waals surface area contributed by atoms with E-state index in [1.165, 1.54) is 18.2 Å². The van der Waals surface area contributed by atoms with Crippen LogP contribution in [0.4, 0.5) is 11.4 Å². The van der Waals surface area contributed by atoms with Gasteiger partial charge in [-0.15, -0.1) is 0 Å². The van der Waals surface area contributed by atoms with Gasteiger partial charge in [-0.05, 0) is 59.7 Å². The Morgan fingerprint density at radius 2 is 1.52 bits per heavy atom. The molecule has 4 aromatic carbocycles. The van der Waals surface area contributed by atoms with Crippen molar-refractivity contribution in [1.82, 2.24) is 0 Å². The number of rotatable bonds is 12. The van der Waals surface area contributed by atoms with Crippen molar-refractivity contribution in [1.29, 1.82) is 0 Å². The first kappa shape index (κ1) is 28.3. The van der Waals surface area contributed by atoms with Crippen LogP contribution in [0.15, 0.2) is 95.9 Å². The number of amides is 1. The van der Waals surface area contributed by atoms with Crippen LogP contribution in [-0.4, -0.2) is 31.6 Å². The Balaban J connectivity index is 1.38. The third-order valence-corrected chi connectivity index (χ3v) is 6.51. The molecule has 4 aromatic rings. The second-order valence-corrected chi connectivity index (χ2v) is 9.40. The first-order valence-corrected chi connectivity index (χ1v) is 12.8. The Morgan fingerprint density at radius 3 is 2.27 bits per heavy atom. The number of nitrogens with one attached hydrogen (secondary N) is 2. The predicted octanol–water partition coefficient (Wildman–Crippen LogP) is 4.98. The standard InChI is InChI=1S/C28H24N2O9S/c31-22-11-12-25(26(15-22)28(33)34)27(32)29-20-7-4-10-24(14-20)40(36)39-23-9-3-8-21(13-23)30-37-16-18-5-1-2-6-19(18)17-38-35/h1-15,30-31,35H,16-17H2,(H,29,32)(H,33,34). The minimum absolute atomic E-state index is 0.0275. The maximum absolute atomic E-state index is 12.9. The largest absolute Gasteiger partial charge is 0.508 e. The number of hydrogen-bond donors (Lipinski definition) is 5. The smallest absolute Gasteiger partial charge is 0.336 e. The summed E-state index contributed by atoms with van der Waals surface area (Å²) < 4.78 is 18.5. The van der Waals surface area contributed by atoms with Gasteiger partial charge in [0.2, 0.25) is 11.1 Å². The average molecular weight is 565 g/mol. The predicted molar refractivity (Wildman–Crippen MR) is 145 cm³/mol. The molecule has 0 fully saturated rings. The maximum atomic E-state index is 12.9. The van der Waals surface area contributed by atoms with E-state index in [0.717, 1.165) is 17.2 Å². The molecular formula is C28H24N2O9S. The number of phenolic OH excluding ortho intramolecular Hbond substituents is 1. The molecule has 1 unspecified atom stereocenters. The van der Waals surface area contributed by atoms with Gasteiger partial charge in [-0.3, -0.25) is 20.4 Å². The summed E-state index contributed by atoms with van der Waals surface area (Å²) in [4.78, 5) is 34.2. The van der Waals surface area contributed by atoms with E-state index < -0.39 is 23.0 Å². The highest BCUT2D eigenvalue weighted by Crippen LogP contribution is 2.23. The van der Waals surface area contributed by atoms with Crippen molar-refractivity contribution < 1.29 is 43.2 Å². The van der Waals surface area contributed by atoms with Crippen LogP contribution in [0.1, 0.15) is 31.8 Å². The van der Waals surface area contributed by atoms with Crippen LogP contribution in [0.3, 0.4) is 0 Å². The van der Waals surface area contributed by atoms with Gasteiger partial charge >= 0.3 is 5.97 Å². The summed E-state index contributed by atoms with van der Waals surface area (Å²) in [5, 5.41) is 30.2. The molecule has 0 aromatic heterocycles. The fourth-order valence-corrected chi connectivity index (χ4v) is 4.42. The number of anilines is 2. The lowest BCUT2D eigenvalue weighted by Gasteiger charge is -2.12. The van der Waals surface area contributed by atoms with Crippen molar-refractivity contribution in [3.8, 4) is 11.5 Å². The third kappa shape index (κ3) is 7.42. The lowest BCUT2D eigenvalue weighted by atomic mass is 10.1. The van der Waals surface area contributed by atoms with E-state index in [1.54, 1.807) is 48.5 Å². The van der Waals surface area contributed by atoms with Gasteiger partial charge in [0, 0.05) is 11.8 Å². The highest BCUT2D eigenvalue weighted by molar-refractivity contribution is 7.80. The fraction of sp³-hybridized carbons (Fsp3) is 0.0714. The van der Waals surface area contributed by atoms with Crippen LogP contribution in [0.25, 0.3) is 0 Å². The number of carboxylic acids is 1. The van der Waals surface area contributed by atoms with Crippen LogP contribution >= 0.6 is 0 Å². The second kappa shape index (κ2) is 13.4. The molecule has 0 saturated carbocycles. The number of carbonyl (C=O) groups excluding carboxylic acids is 1. The Morgan fingerprint density at radius 1 is 0.800 bits per heavy atom. The topological polar surface area (TPSA) is 164 Å². The molecule has 5 N–H and O–H groups in total. The average Bonchev–Trinajstić information content (AvgIpc) is 2.94. The maximum Gasteiger partial charge on any atom is 0.336 e. The molecule has 0 radical (unpaired) electrons. The van der Waals surface area contributed by atoms with Crippen molar-refractivity contribution >= 4 is 34.3 Å². The first-order valence-electron chi connectivity index (χ1n) is 11.7. The molecule has 0 spiro atoms. The molecule has 206 valence electrons. The molecule has 40 heavy (non-hydrogen) atoms. The molecular weight excluding hydrogens is 540 g/mol. The summed E-state index contributed by atoms with van der Waals surface area (Å²) >= 11 is -1.95. The summed E-state index contributed by atoms with van der Waals surface area (Å²) in [6, 6.07) is 23.4. The quantitative estimate of drug-likeness (QED) is 0.117. The third-order valence-electron chi connectivity index (χ3n) is 5.52. The first-order chi connectivity index (χ1) is 19.3. The zero-order valence-corrected chi connectivity index (χ0v) is 21.6. The summed E-state index contributed by atoms with van der Waals surface area (Å²) in [6.45, 7) is 0.215. The highest BCUT2D eigenvalue weighted by Gasteiger charge is 2.18. The Hall–Kier alpha value is -4.75. The molecule has 1 amide bonds. The van der Waals surface area contributed by atoms with Crippen molar-refractivity contribution in [2.75, 3.05) is 10.8 Å². The lowest BCUT2D eigenvalue weighted by molar-refractivity contribution is -0.253. The SMILES string of the molecule is O=C(O)c1cc(O)ccc1C(=O)Nc1cccc(S(=O)Oc2cccc(NOCc3ccccc3COO)c2)c1. The molecule has 4 rings (SSSR count). The van der Waals surface area contributed by atoms with E-state index in [1.807, 2.05) is 18.2 Å². The van der Waals surface area contributed by atoms with Gasteiger partial charge in [0.25, 0.3) is 5.91 Å². The van der Waals surface area contributed by atoms with Crippen LogP contribution in [0, 0.1) is 0 Å². The van der Waals surface area contributed by atoms with Crippen molar-refractivity contribution in [2.45, 2.75) is 18.1 Å². The second-order valence-electron chi connectivity index (χ2n) is 8.30. The summed E-state index contributed by atoms with van der Waals surface area (Å²) in [5.41, 5.74) is 4.66. The van der Waals surface area contributed by atoms with E-state index in [-0.39, 0.29) is 46.4 Å². The van der Waals surface area contributed by atoms with E-state index in [2.05, 4.69) is 15.7 Å². The summed E-state index contributed by atoms with van der Waals surface area (Å²) in [6.07, 6.45) is 0. The molecule has 0 aliphatic carbocycles. The minimum atomic E-state index is -1.95. The van der Waals surface area contributed by atoms with Gasteiger partial charge in [0.05, 0.1) is 28.3 Å². The van der Waals surface area contributed by atoms with Gasteiger partial charge in [0.1, 0.15) is 18.1 Å². The normalized spacial score (nSPS) is 11.4. The number of hydrogen-bond acceptors (Lipinski definition) is 9. The van der Waals surface area contributed by atoms with Gasteiger partial charge in [-0.25, -0.2) is 13.9 Å². The van der Waals surface area contributed by atoms with Crippen LogP contribution in [-0.2, 0) is 34.0 Å². The van der Waals surface area contributed by atoms with Gasteiger partial charge in [-0.1, -0.05) is 36.4 Å². The molecule has 12 heteroatoms. The minimum Gasteiger partial charge on any atom is -0.508 e. The lowest BCUT2D eigenvalue weighted by Crippen LogP contribution is -2.16. The van der Waals surface area contributed by atoms with E-state index in [9.17, 15) is 24.0 Å². The molecule has 0 aliphatic rings. The molecule has 0 saturated heterocycles. The molecule has 0 bridgehead atoms. The molecule has 11 nitrogen and oxygen atoms in total. The van der Waals surface area contributed by atoms with Gasteiger partial charge < -0.3 is 19.7 Å². The van der Waals surface area contributed by atoms with Crippen molar-refractivity contribution in [3.05, 3.63) is 113 Å². The van der Waals surface area contributed by atoms with E-state index in [0.29, 0.717) is 5.69 Å². The van der Waals surface area contributed by atoms with Gasteiger partial charge in [0.15, 0.2) is 0 Å². The van der Waals surface area contributed by atoms with Crippen molar-refractivity contribution in [2.24, 2.45) is 0 Å². The van der Waals surface area contributed by atoms with Crippen LogP contribution < -0.4 is 15.0 Å². The zero-order valence-electron chi connectivity index (χ0n) is 20.8. The zero-order chi connectivity index (χ0) is 28.5. The monoisotopic (exact) mass is 564 g/mol. The summed E-state index contributed by atoms with van der Waals surface area (Å²) in [7, 11) is 0. The van der Waals surface area contributed by atoms with E-state index >= 15 is 0 Å². The van der Waals surface area contributed by atoms with E-state index in [4.69, 9.17) is 14.3 Å². The summed E-state index contributed by atoms with van der Waals surface area (Å²) in [5.74, 6) is -2.09. The number of carbonyl (C=O) groups is 2. The van der Waals surface area contributed by atoms with Crippen LogP contribution in [0.2, 0.25) is 0 Å². The number of benzene rings is 4. The number of carboxylic acid groups (broad SMARTS) is 1. The van der Waals surface area contributed by atoms with Crippen LogP contribution in [0.5, 0.6) is 11.5 Å². The molecule has 0 aliphatic heterocycles. The molecule has 0 heterocycles. The Bertz CT molecular complexity index is 1540. The van der Waals surface area contributed by atoms with Gasteiger partial charge in [-0.2, -0.15) is 0 Å². The fourth-order valence-electron chi connectivity index (χ4n) is 3.64. The number of aromatic hydroxyl groups is 1.